The second-order valence-corrected chi connectivity index (χ2v) is 7.73. The van der Waals surface area contributed by atoms with Gasteiger partial charge in [0.25, 0.3) is 0 Å². The molecule has 1 heterocycles. The van der Waals surface area contributed by atoms with Crippen LogP contribution in [-0.4, -0.2) is 30.1 Å². The van der Waals surface area contributed by atoms with Crippen molar-refractivity contribution in [2.45, 2.75) is 19.0 Å². The smallest absolute Gasteiger partial charge is 0.321 e. The maximum Gasteiger partial charge on any atom is 0.321 e. The summed E-state index contributed by atoms with van der Waals surface area (Å²) in [5.74, 6) is 0.819. The van der Waals surface area contributed by atoms with Crippen LogP contribution in [0.4, 0.5) is 14.9 Å². The second kappa shape index (κ2) is 9.50. The number of hydrogen-bond donors (Lipinski definition) is 2. The molecule has 162 valence electrons. The zero-order chi connectivity index (χ0) is 22.5. The van der Waals surface area contributed by atoms with Gasteiger partial charge in [0.05, 0.1) is 11.6 Å². The number of amides is 2. The van der Waals surface area contributed by atoms with Crippen molar-refractivity contribution in [1.82, 2.24) is 10.2 Å². The predicted octanol–water partition coefficient (Wildman–Crippen LogP) is 5.06. The van der Waals surface area contributed by atoms with Gasteiger partial charge < -0.3 is 20.3 Å². The third-order valence-corrected chi connectivity index (χ3v) is 5.35. The van der Waals surface area contributed by atoms with Crippen molar-refractivity contribution in [3.63, 3.8) is 0 Å². The van der Waals surface area contributed by atoms with Crippen molar-refractivity contribution in [1.29, 1.82) is 5.26 Å². The van der Waals surface area contributed by atoms with Gasteiger partial charge in [0.1, 0.15) is 17.3 Å². The molecular weight excluding hydrogens is 407 g/mol. The summed E-state index contributed by atoms with van der Waals surface area (Å²) in [6, 6.07) is 22.6. The van der Waals surface area contributed by atoms with E-state index in [2.05, 4.69) is 23.6 Å². The molecule has 0 aliphatic carbocycles. The monoisotopic (exact) mass is 430 g/mol. The Labute approximate surface area is 186 Å². The average molecular weight is 430 g/mol. The molecule has 7 heteroatoms. The summed E-state index contributed by atoms with van der Waals surface area (Å²) >= 11 is 0. The van der Waals surface area contributed by atoms with Crippen LogP contribution in [0.1, 0.15) is 24.1 Å². The molecule has 4 rings (SSSR count). The van der Waals surface area contributed by atoms with E-state index in [-0.39, 0.29) is 23.9 Å². The Morgan fingerprint density at radius 3 is 2.22 bits per heavy atom. The standard InChI is InChI=1S/C25H23FN4O2/c1-17(19-4-2-18(14-27)3-5-19)28-22-15-30(16-22)25(31)29-21-8-12-24(13-9-21)32-23-10-6-20(26)7-11-23/h2-13,17,22,28H,15-16H2,1H3,(H,29,31). The van der Waals surface area contributed by atoms with E-state index in [0.29, 0.717) is 35.8 Å². The maximum atomic E-state index is 13.0. The molecule has 1 aliphatic rings. The van der Waals surface area contributed by atoms with E-state index in [4.69, 9.17) is 10.00 Å². The molecule has 0 spiro atoms. The van der Waals surface area contributed by atoms with Crippen molar-refractivity contribution in [3.05, 3.63) is 89.7 Å². The van der Waals surface area contributed by atoms with E-state index in [0.717, 1.165) is 5.56 Å². The van der Waals surface area contributed by atoms with Crippen LogP contribution in [0.15, 0.2) is 72.8 Å². The normalized spacial score (nSPS) is 14.2. The largest absolute Gasteiger partial charge is 0.457 e. The van der Waals surface area contributed by atoms with E-state index < -0.39 is 0 Å². The molecule has 0 bridgehead atoms. The first-order valence-corrected chi connectivity index (χ1v) is 10.4. The van der Waals surface area contributed by atoms with Crippen molar-refractivity contribution in [2.24, 2.45) is 0 Å². The number of rotatable bonds is 6. The first kappa shape index (κ1) is 21.3. The molecule has 2 amide bonds. The molecule has 6 nitrogen and oxygen atoms in total. The molecule has 1 fully saturated rings. The number of carbonyl (C=O) groups is 1. The Hall–Kier alpha value is -3.89. The highest BCUT2D eigenvalue weighted by Gasteiger charge is 2.31. The fourth-order valence-corrected chi connectivity index (χ4v) is 3.49. The van der Waals surface area contributed by atoms with Crippen LogP contribution in [-0.2, 0) is 0 Å². The molecule has 1 atom stereocenters. The van der Waals surface area contributed by atoms with Gasteiger partial charge in [-0.2, -0.15) is 5.26 Å². The summed E-state index contributed by atoms with van der Waals surface area (Å²) in [5.41, 5.74) is 2.42. The zero-order valence-corrected chi connectivity index (χ0v) is 17.6. The van der Waals surface area contributed by atoms with Crippen LogP contribution in [0.2, 0.25) is 0 Å². The summed E-state index contributed by atoms with van der Waals surface area (Å²) in [7, 11) is 0. The van der Waals surface area contributed by atoms with Crippen molar-refractivity contribution >= 4 is 11.7 Å². The molecule has 1 unspecified atom stereocenters. The van der Waals surface area contributed by atoms with Crippen molar-refractivity contribution in [3.8, 4) is 17.6 Å². The van der Waals surface area contributed by atoms with Gasteiger partial charge in [0.15, 0.2) is 0 Å². The van der Waals surface area contributed by atoms with E-state index in [1.54, 1.807) is 41.3 Å². The number of likely N-dealkylation sites (tertiary alicyclic amines) is 1. The number of nitrogens with one attached hydrogen (secondary N) is 2. The zero-order valence-electron chi connectivity index (χ0n) is 17.6. The molecule has 3 aromatic carbocycles. The van der Waals surface area contributed by atoms with Gasteiger partial charge in [-0.05, 0) is 73.2 Å². The van der Waals surface area contributed by atoms with Gasteiger partial charge in [-0.25, -0.2) is 9.18 Å². The number of urea groups is 1. The highest BCUT2D eigenvalue weighted by atomic mass is 19.1. The molecule has 2 N–H and O–H groups in total. The van der Waals surface area contributed by atoms with Crippen molar-refractivity contribution in [2.75, 3.05) is 18.4 Å². The molecule has 1 saturated heterocycles. The van der Waals surface area contributed by atoms with Crippen LogP contribution in [0, 0.1) is 17.1 Å². The lowest BCUT2D eigenvalue weighted by molar-refractivity contribution is 0.143. The molecule has 32 heavy (non-hydrogen) atoms. The molecule has 1 aliphatic heterocycles. The van der Waals surface area contributed by atoms with Crippen LogP contribution in [0.5, 0.6) is 11.5 Å². The summed E-state index contributed by atoms with van der Waals surface area (Å²) in [6.07, 6.45) is 0. The highest BCUT2D eigenvalue weighted by molar-refractivity contribution is 5.90. The third-order valence-electron chi connectivity index (χ3n) is 5.35. The third kappa shape index (κ3) is 5.23. The van der Waals surface area contributed by atoms with Gasteiger partial charge >= 0.3 is 6.03 Å². The Morgan fingerprint density at radius 2 is 1.62 bits per heavy atom. The number of nitrogens with zero attached hydrogens (tertiary/aromatic N) is 2. The maximum absolute atomic E-state index is 13.0. The van der Waals surface area contributed by atoms with Crippen LogP contribution in [0.3, 0.4) is 0 Å². The quantitative estimate of drug-likeness (QED) is 0.573. The number of anilines is 1. The topological polar surface area (TPSA) is 77.4 Å². The lowest BCUT2D eigenvalue weighted by Crippen LogP contribution is -2.61. The minimum Gasteiger partial charge on any atom is -0.457 e. The lowest BCUT2D eigenvalue weighted by Gasteiger charge is -2.41. The fourth-order valence-electron chi connectivity index (χ4n) is 3.49. The Kier molecular flexibility index (Phi) is 6.34. The summed E-state index contributed by atoms with van der Waals surface area (Å²) < 4.78 is 18.6. The second-order valence-electron chi connectivity index (χ2n) is 7.73. The number of ether oxygens (including phenoxy) is 1. The molecule has 3 aromatic rings. The summed E-state index contributed by atoms with van der Waals surface area (Å²) in [5, 5.41) is 15.3. The van der Waals surface area contributed by atoms with Gasteiger partial charge in [0.2, 0.25) is 0 Å². The molecule has 0 aromatic heterocycles. The first-order chi connectivity index (χ1) is 15.5. The average Bonchev–Trinajstić information content (AvgIpc) is 2.78. The van der Waals surface area contributed by atoms with Crippen LogP contribution in [0.25, 0.3) is 0 Å². The van der Waals surface area contributed by atoms with Crippen LogP contribution >= 0.6 is 0 Å². The molecule has 0 saturated carbocycles. The van der Waals surface area contributed by atoms with Gasteiger partial charge in [-0.3, -0.25) is 0 Å². The summed E-state index contributed by atoms with van der Waals surface area (Å²) in [6.45, 7) is 3.32. The Bertz CT molecular complexity index is 1100. The predicted molar refractivity (Wildman–Crippen MR) is 120 cm³/mol. The summed E-state index contributed by atoms with van der Waals surface area (Å²) in [4.78, 5) is 14.2. The SMILES string of the molecule is CC(NC1CN(C(=O)Nc2ccc(Oc3ccc(F)cc3)cc2)C1)c1ccc(C#N)cc1. The van der Waals surface area contributed by atoms with Gasteiger partial charge in [0, 0.05) is 30.9 Å². The van der Waals surface area contributed by atoms with Gasteiger partial charge in [-0.1, -0.05) is 12.1 Å². The minimum absolute atomic E-state index is 0.131. The van der Waals surface area contributed by atoms with E-state index in [1.165, 1.54) is 12.1 Å². The number of carbonyl (C=O) groups excluding carboxylic acids is 1. The fraction of sp³-hybridized carbons (Fsp3) is 0.200. The minimum atomic E-state index is -0.317. The number of hydrogen-bond acceptors (Lipinski definition) is 4. The van der Waals surface area contributed by atoms with Gasteiger partial charge in [-0.15, -0.1) is 0 Å². The van der Waals surface area contributed by atoms with Crippen LogP contribution < -0.4 is 15.4 Å². The number of benzene rings is 3. The van der Waals surface area contributed by atoms with E-state index in [1.807, 2.05) is 24.3 Å². The highest BCUT2D eigenvalue weighted by Crippen LogP contribution is 2.24. The van der Waals surface area contributed by atoms with E-state index in [9.17, 15) is 9.18 Å². The first-order valence-electron chi connectivity index (χ1n) is 10.4. The Morgan fingerprint density at radius 1 is 1.03 bits per heavy atom. The van der Waals surface area contributed by atoms with E-state index >= 15 is 0 Å². The molecular formula is C25H23FN4O2. The van der Waals surface area contributed by atoms with Crippen molar-refractivity contribution < 1.29 is 13.9 Å². The number of halogens is 1. The molecule has 0 radical (unpaired) electrons. The Balaban J connectivity index is 1.23. The lowest BCUT2D eigenvalue weighted by atomic mass is 10.0. The number of nitriles is 1.